The molecule has 0 bridgehead atoms. The predicted octanol–water partition coefficient (Wildman–Crippen LogP) is 28.9. The Morgan fingerprint density at radius 1 is 0.220 bits per heavy atom. The topological polar surface area (TPSA) is 102 Å². The largest absolute Gasteiger partial charge is 0.309 e. The lowest BCUT2D eigenvalue weighted by Gasteiger charge is -2.14. The Kier molecular flexibility index (Phi) is 14.5. The number of rotatable bonds is 10. The highest BCUT2D eigenvalue weighted by Crippen LogP contribution is 2.52. The molecule has 0 amide bonds. The molecule has 0 spiro atoms. The third-order valence-corrected chi connectivity index (χ3v) is 27.8. The molecule has 0 aliphatic rings. The molecule has 27 rings (SSSR count). The van der Waals surface area contributed by atoms with Crippen LogP contribution in [0.3, 0.4) is 0 Å². The molecule has 10 aromatic heterocycles. The summed E-state index contributed by atoms with van der Waals surface area (Å²) in [7, 11) is 0. The predicted molar refractivity (Wildman–Crippen MR) is 513 cm³/mol. The van der Waals surface area contributed by atoms with E-state index >= 15 is 0 Å². The molecule has 0 atom stereocenters. The number of hydrogen-bond donors (Lipinski definition) is 0. The van der Waals surface area contributed by atoms with Crippen molar-refractivity contribution in [2.75, 3.05) is 0 Å². The van der Waals surface area contributed by atoms with E-state index in [2.05, 4.69) is 381 Å². The first kappa shape index (κ1) is 67.9. The van der Waals surface area contributed by atoms with E-state index in [0.29, 0.717) is 23.5 Å². The van der Waals surface area contributed by atoms with Crippen LogP contribution in [0.2, 0.25) is 0 Å². The maximum Gasteiger partial charge on any atom is 0.238 e. The van der Waals surface area contributed by atoms with Gasteiger partial charge in [0.15, 0.2) is 17.5 Å². The fraction of sp³-hybridized carbons (Fsp3) is 0. The highest BCUT2D eigenvalue weighted by atomic mass is 32.1. The molecule has 0 N–H and O–H groups in total. The van der Waals surface area contributed by atoms with E-state index in [1.165, 1.54) is 68.1 Å². The van der Waals surface area contributed by atoms with Crippen molar-refractivity contribution in [1.29, 1.82) is 0 Å². The van der Waals surface area contributed by atoms with Crippen LogP contribution in [0, 0.1) is 0 Å². The number of aromatic nitrogens is 11. The van der Waals surface area contributed by atoms with Gasteiger partial charge in [0.2, 0.25) is 11.9 Å². The normalized spacial score (nSPS) is 12.2. The molecule has 17 aromatic carbocycles. The number of thiophene rings is 2. The van der Waals surface area contributed by atoms with E-state index in [9.17, 15) is 0 Å². The molecule has 0 saturated heterocycles. The lowest BCUT2D eigenvalue weighted by atomic mass is 9.94. The quantitative estimate of drug-likeness (QED) is 0.135. The van der Waals surface area contributed by atoms with Crippen LogP contribution in [0.25, 0.3) is 256 Å². The Labute approximate surface area is 709 Å². The Bertz CT molecular complexity index is 9220. The van der Waals surface area contributed by atoms with Gasteiger partial charge >= 0.3 is 0 Å². The Morgan fingerprint density at radius 2 is 0.724 bits per heavy atom. The molecule has 123 heavy (non-hydrogen) atoms. The van der Waals surface area contributed by atoms with Crippen molar-refractivity contribution >= 4 is 194 Å². The van der Waals surface area contributed by atoms with Gasteiger partial charge in [0, 0.05) is 140 Å². The van der Waals surface area contributed by atoms with Crippen LogP contribution in [0.5, 0.6) is 0 Å². The summed E-state index contributed by atoms with van der Waals surface area (Å²) in [6, 6.07) is 136. The maximum atomic E-state index is 5.57. The Balaban J connectivity index is 0.580. The molecule has 0 unspecified atom stereocenters. The monoisotopic (exact) mass is 1600 g/mol. The van der Waals surface area contributed by atoms with Gasteiger partial charge in [0.05, 0.1) is 71.1 Å². The molecule has 0 aliphatic carbocycles. The average Bonchev–Trinajstić information content (AvgIpc) is 1.54. The van der Waals surface area contributed by atoms with Crippen LogP contribution in [0.4, 0.5) is 0 Å². The zero-order chi connectivity index (χ0) is 80.2. The number of benzene rings is 17. The van der Waals surface area contributed by atoms with Gasteiger partial charge in [0.1, 0.15) is 0 Å². The Morgan fingerprint density at radius 3 is 1.48 bits per heavy atom. The highest BCUT2D eigenvalue weighted by molar-refractivity contribution is 7.27. The second-order valence-electron chi connectivity index (χ2n) is 32.0. The van der Waals surface area contributed by atoms with E-state index in [-0.39, 0.29) is 0 Å². The fourth-order valence-corrected chi connectivity index (χ4v) is 22.5. The molecule has 0 saturated carbocycles. The average molecular weight is 1600 g/mol. The van der Waals surface area contributed by atoms with Crippen LogP contribution in [-0.4, -0.2) is 52.7 Å². The van der Waals surface area contributed by atoms with Gasteiger partial charge < -0.3 is 9.13 Å². The number of fused-ring (bicyclic) bond motifs is 27. The van der Waals surface area contributed by atoms with E-state index in [1.54, 1.807) is 11.3 Å². The van der Waals surface area contributed by atoms with E-state index in [0.717, 1.165) is 165 Å². The lowest BCUT2D eigenvalue weighted by molar-refractivity contribution is 0.953. The van der Waals surface area contributed by atoms with Crippen molar-refractivity contribution in [2.24, 2.45) is 0 Å². The number of nitrogens with zero attached hydrogens (tertiary/aromatic N) is 11. The molecule has 570 valence electrons. The summed E-state index contributed by atoms with van der Waals surface area (Å²) in [5.41, 5.74) is 22.0. The molecule has 27 aromatic rings. The first-order valence-electron chi connectivity index (χ1n) is 41.5. The lowest BCUT2D eigenvalue weighted by Crippen LogP contribution is -2.07. The van der Waals surface area contributed by atoms with E-state index in [1.807, 2.05) is 35.7 Å². The van der Waals surface area contributed by atoms with Crippen LogP contribution in [-0.2, 0) is 0 Å². The van der Waals surface area contributed by atoms with Gasteiger partial charge in [-0.3, -0.25) is 13.7 Å². The van der Waals surface area contributed by atoms with E-state index in [4.69, 9.17) is 29.9 Å². The molecule has 0 fully saturated rings. The SMILES string of the molecule is c1ccc(-c2nc(-c3cccc(-c4ccc5c(c4)c4ccccc4n5-c4nccc5c4sc4ccc(-n6c7ccccc7c7c(-c8ccc9c(c8)c8sc%10ccccc%10c8c8c%10ccccc%10n(-c%10nc(-c%11ccccc%11)c%11ccccc%11n%10)c98)cccc76)cc45)c3)nc(-n3c4ccccc4c4ccc5c6ccccc6n(-c6ccccc6)c5c43)n2)cc1. The smallest absolute Gasteiger partial charge is 0.238 e. The van der Waals surface area contributed by atoms with Gasteiger partial charge in [-0.1, -0.05) is 267 Å². The van der Waals surface area contributed by atoms with Crippen LogP contribution in [0.15, 0.2) is 382 Å². The minimum absolute atomic E-state index is 0.533. The van der Waals surface area contributed by atoms with Gasteiger partial charge in [-0.05, 0) is 131 Å². The van der Waals surface area contributed by atoms with Gasteiger partial charge in [-0.15, -0.1) is 22.7 Å². The number of hydrogen-bond acceptors (Lipinski definition) is 8. The zero-order valence-corrected chi connectivity index (χ0v) is 67.2. The van der Waals surface area contributed by atoms with Gasteiger partial charge in [-0.2, -0.15) is 9.97 Å². The molecular formula is C110H63N11S2. The van der Waals surface area contributed by atoms with Crippen LogP contribution >= 0.6 is 22.7 Å². The minimum atomic E-state index is 0.533. The summed E-state index contributed by atoms with van der Waals surface area (Å²) < 4.78 is 16.7. The summed E-state index contributed by atoms with van der Waals surface area (Å²) in [5, 5.41) is 19.8. The van der Waals surface area contributed by atoms with Crippen molar-refractivity contribution in [3.8, 4) is 85.4 Å². The summed E-state index contributed by atoms with van der Waals surface area (Å²) in [4.78, 5) is 32.7. The maximum absolute atomic E-state index is 5.57. The van der Waals surface area contributed by atoms with Crippen molar-refractivity contribution < 1.29 is 0 Å². The van der Waals surface area contributed by atoms with Crippen molar-refractivity contribution in [3.63, 3.8) is 0 Å². The van der Waals surface area contributed by atoms with Crippen LogP contribution in [0.1, 0.15) is 0 Å². The summed E-state index contributed by atoms with van der Waals surface area (Å²) in [5.74, 6) is 3.22. The number of para-hydroxylation sites is 7. The standard InChI is InChI=1S/C110H63N11S2/c1-4-26-64(27-5-1)100-80-37-10-17-42-87(80)112-109(113-100)120-92-47-22-15-39-82(92)98-99-83-40-16-23-49-95(83)122-104(99)86-62-68(50-53-78(86)101(98)120)72-41-25-48-94-97(72)81-38-14-21-46-91(81)117(94)71-52-57-96-85(63-71)79-58-59-111-108(105(79)123-96)119-89-44-19-13-36-75(89)84-61-67(51-56-93(84)119)66-30-24-31-69(60-66)107-114-106(65-28-6-2-7-29-65)115-110(116-107)121-90-45-20-12-35-74(90)77-55-54-76-73-34-11-18-43-88(73)118(102(76)103(77)121)70-32-8-3-9-33-70/h1-63H. The molecule has 0 radical (unpaired) electrons. The number of pyridine rings is 1. The second kappa shape index (κ2) is 26.2. The van der Waals surface area contributed by atoms with Gasteiger partial charge in [-0.25, -0.2) is 19.9 Å². The first-order chi connectivity index (χ1) is 61.0. The third kappa shape index (κ3) is 9.96. The summed E-state index contributed by atoms with van der Waals surface area (Å²) >= 11 is 3.68. The minimum Gasteiger partial charge on any atom is -0.309 e. The third-order valence-electron chi connectivity index (χ3n) is 25.4. The molecular weight excluding hydrogens is 1540 g/mol. The van der Waals surface area contributed by atoms with E-state index < -0.39 is 0 Å². The Hall–Kier alpha value is -16.1. The zero-order valence-electron chi connectivity index (χ0n) is 65.6. The first-order valence-corrected chi connectivity index (χ1v) is 43.1. The second-order valence-corrected chi connectivity index (χ2v) is 34.1. The molecule has 0 aliphatic heterocycles. The van der Waals surface area contributed by atoms with Gasteiger partial charge in [0.25, 0.3) is 0 Å². The summed E-state index contributed by atoms with van der Waals surface area (Å²) in [6.07, 6.45) is 1.99. The molecule has 10 heterocycles. The van der Waals surface area contributed by atoms with Crippen LogP contribution < -0.4 is 0 Å². The molecule has 13 heteroatoms. The summed E-state index contributed by atoms with van der Waals surface area (Å²) in [6.45, 7) is 0. The fourth-order valence-electron chi connectivity index (χ4n) is 20.1. The molecule has 11 nitrogen and oxygen atoms in total. The van der Waals surface area contributed by atoms with Crippen molar-refractivity contribution in [1.82, 2.24) is 52.7 Å². The van der Waals surface area contributed by atoms with Crippen molar-refractivity contribution in [2.45, 2.75) is 0 Å². The highest BCUT2D eigenvalue weighted by Gasteiger charge is 2.29. The van der Waals surface area contributed by atoms with Crippen molar-refractivity contribution in [3.05, 3.63) is 382 Å².